The fourth-order valence-electron chi connectivity index (χ4n) is 4.90. The Morgan fingerprint density at radius 3 is 2.58 bits per heavy atom. The maximum absolute atomic E-state index is 6.36. The summed E-state index contributed by atoms with van der Waals surface area (Å²) in [5.74, 6) is 5.35. The second-order valence-corrected chi connectivity index (χ2v) is 8.32. The van der Waals surface area contributed by atoms with Crippen LogP contribution in [0.4, 0.5) is 17.3 Å². The van der Waals surface area contributed by atoms with E-state index in [0.717, 1.165) is 35.7 Å². The topological polar surface area (TPSA) is 70.3 Å². The van der Waals surface area contributed by atoms with Gasteiger partial charge in [-0.2, -0.15) is 0 Å². The first kappa shape index (κ1) is 15.9. The van der Waals surface area contributed by atoms with Crippen molar-refractivity contribution in [2.24, 2.45) is 17.8 Å². The van der Waals surface area contributed by atoms with Crippen molar-refractivity contribution < 1.29 is 0 Å². The summed E-state index contributed by atoms with van der Waals surface area (Å²) < 4.78 is 0. The molecule has 1 aliphatic heterocycles. The van der Waals surface area contributed by atoms with E-state index in [1.807, 2.05) is 0 Å². The van der Waals surface area contributed by atoms with Gasteiger partial charge in [-0.1, -0.05) is 20.3 Å². The van der Waals surface area contributed by atoms with Gasteiger partial charge in [-0.3, -0.25) is 5.32 Å². The van der Waals surface area contributed by atoms with E-state index < -0.39 is 0 Å². The molecule has 2 heterocycles. The SMILES string of the molecule is CC(C)CNC1N(C)c2nc(C3CC4CCC3C4)nc(N)c2N1C. The molecular weight excluding hydrogens is 300 g/mol. The summed E-state index contributed by atoms with van der Waals surface area (Å²) in [6.45, 7) is 5.40. The average Bonchev–Trinajstić information content (AvgIpc) is 3.21. The highest BCUT2D eigenvalue weighted by atomic mass is 15.5. The summed E-state index contributed by atoms with van der Waals surface area (Å²) in [6, 6.07) is 0. The molecule has 6 heteroatoms. The smallest absolute Gasteiger partial charge is 0.160 e. The van der Waals surface area contributed by atoms with Crippen molar-refractivity contribution in [3.8, 4) is 0 Å². The molecule has 4 rings (SSSR count). The maximum atomic E-state index is 6.36. The van der Waals surface area contributed by atoms with Crippen molar-refractivity contribution in [1.82, 2.24) is 15.3 Å². The molecule has 0 spiro atoms. The number of hydrogen-bond donors (Lipinski definition) is 2. The number of anilines is 3. The van der Waals surface area contributed by atoms with Crippen LogP contribution in [-0.4, -0.2) is 36.9 Å². The van der Waals surface area contributed by atoms with Crippen LogP contribution < -0.4 is 20.9 Å². The standard InChI is InChI=1S/C18H30N6/c1-10(2)9-20-18-23(3)14-15(19)21-16(22-17(14)24(18)4)13-8-11-5-6-12(13)7-11/h10-13,18,20H,5-9H2,1-4H3,(H2,19,21,22). The number of nitrogens with two attached hydrogens (primary N) is 1. The summed E-state index contributed by atoms with van der Waals surface area (Å²) in [7, 11) is 4.16. The number of nitrogens with zero attached hydrogens (tertiary/aromatic N) is 4. The molecule has 2 fully saturated rings. The van der Waals surface area contributed by atoms with Gasteiger partial charge in [-0.05, 0) is 37.0 Å². The van der Waals surface area contributed by atoms with Crippen LogP contribution in [0.2, 0.25) is 0 Å². The minimum absolute atomic E-state index is 0.0919. The minimum Gasteiger partial charge on any atom is -0.382 e. The highest BCUT2D eigenvalue weighted by molar-refractivity contribution is 5.82. The van der Waals surface area contributed by atoms with Gasteiger partial charge in [0.15, 0.2) is 17.9 Å². The zero-order chi connectivity index (χ0) is 17.0. The third-order valence-corrected chi connectivity index (χ3v) is 6.11. The number of fused-ring (bicyclic) bond motifs is 3. The third-order valence-electron chi connectivity index (χ3n) is 6.11. The molecule has 3 N–H and O–H groups in total. The lowest BCUT2D eigenvalue weighted by Gasteiger charge is -2.28. The number of nitrogens with one attached hydrogen (secondary N) is 1. The van der Waals surface area contributed by atoms with Crippen molar-refractivity contribution in [2.75, 3.05) is 36.2 Å². The normalized spacial score (nSPS) is 31.4. The third kappa shape index (κ3) is 2.42. The average molecular weight is 330 g/mol. The molecule has 0 radical (unpaired) electrons. The van der Waals surface area contributed by atoms with Gasteiger partial charge in [0.2, 0.25) is 0 Å². The van der Waals surface area contributed by atoms with Gasteiger partial charge in [0.25, 0.3) is 0 Å². The predicted octanol–water partition coefficient (Wildman–Crippen LogP) is 2.38. The molecule has 4 atom stereocenters. The molecule has 1 aromatic heterocycles. The van der Waals surface area contributed by atoms with E-state index in [9.17, 15) is 0 Å². The van der Waals surface area contributed by atoms with Crippen molar-refractivity contribution in [1.29, 1.82) is 0 Å². The van der Waals surface area contributed by atoms with Crippen LogP contribution in [0.3, 0.4) is 0 Å². The maximum Gasteiger partial charge on any atom is 0.160 e. The van der Waals surface area contributed by atoms with Gasteiger partial charge >= 0.3 is 0 Å². The Kier molecular flexibility index (Phi) is 3.82. The predicted molar refractivity (Wildman–Crippen MR) is 98.1 cm³/mol. The summed E-state index contributed by atoms with van der Waals surface area (Å²) in [5, 5.41) is 3.60. The van der Waals surface area contributed by atoms with Gasteiger partial charge in [0.1, 0.15) is 11.5 Å². The summed E-state index contributed by atoms with van der Waals surface area (Å²) >= 11 is 0. The van der Waals surface area contributed by atoms with Gasteiger partial charge in [-0.25, -0.2) is 9.97 Å². The lowest BCUT2D eigenvalue weighted by atomic mass is 9.88. The fourth-order valence-corrected chi connectivity index (χ4v) is 4.90. The number of aromatic nitrogens is 2. The van der Waals surface area contributed by atoms with E-state index >= 15 is 0 Å². The van der Waals surface area contributed by atoms with E-state index in [1.54, 1.807) is 0 Å². The Morgan fingerprint density at radius 1 is 1.17 bits per heavy atom. The molecule has 4 unspecified atom stereocenters. The molecule has 2 bridgehead atoms. The minimum atomic E-state index is 0.0919. The highest BCUT2D eigenvalue weighted by Crippen LogP contribution is 2.53. The van der Waals surface area contributed by atoms with Gasteiger partial charge < -0.3 is 15.5 Å². The number of rotatable bonds is 4. The van der Waals surface area contributed by atoms with Crippen LogP contribution in [0, 0.1) is 17.8 Å². The Balaban J connectivity index is 1.62. The first-order chi connectivity index (χ1) is 11.5. The molecule has 6 nitrogen and oxygen atoms in total. The zero-order valence-electron chi connectivity index (χ0n) is 15.3. The highest BCUT2D eigenvalue weighted by Gasteiger charge is 2.43. The summed E-state index contributed by atoms with van der Waals surface area (Å²) in [6.07, 6.45) is 5.43. The van der Waals surface area contributed by atoms with Crippen LogP contribution in [-0.2, 0) is 0 Å². The van der Waals surface area contributed by atoms with Gasteiger partial charge in [-0.15, -0.1) is 0 Å². The van der Waals surface area contributed by atoms with Crippen LogP contribution in [0.5, 0.6) is 0 Å². The first-order valence-corrected chi connectivity index (χ1v) is 9.32. The van der Waals surface area contributed by atoms with Gasteiger partial charge in [0.05, 0.1) is 0 Å². The van der Waals surface area contributed by atoms with E-state index in [0.29, 0.717) is 17.7 Å². The molecular formula is C18H30N6. The van der Waals surface area contributed by atoms with E-state index in [4.69, 9.17) is 15.7 Å². The number of hydrogen-bond acceptors (Lipinski definition) is 6. The molecule has 3 aliphatic rings. The van der Waals surface area contributed by atoms with E-state index in [-0.39, 0.29) is 6.29 Å². The van der Waals surface area contributed by atoms with Crippen LogP contribution in [0.1, 0.15) is 51.3 Å². The van der Waals surface area contributed by atoms with Crippen molar-refractivity contribution in [2.45, 2.75) is 51.7 Å². The lowest BCUT2D eigenvalue weighted by molar-refractivity contribution is 0.405. The van der Waals surface area contributed by atoms with E-state index in [2.05, 4.69) is 43.1 Å². The lowest BCUT2D eigenvalue weighted by Crippen LogP contribution is -2.51. The van der Waals surface area contributed by atoms with Crippen LogP contribution in [0.25, 0.3) is 0 Å². The molecule has 0 amide bonds. The van der Waals surface area contributed by atoms with Gasteiger partial charge in [0, 0.05) is 26.6 Å². The largest absolute Gasteiger partial charge is 0.382 e. The Labute approximate surface area is 144 Å². The molecule has 132 valence electrons. The van der Waals surface area contributed by atoms with Crippen molar-refractivity contribution in [3.05, 3.63) is 5.82 Å². The Hall–Kier alpha value is -1.56. The summed E-state index contributed by atoms with van der Waals surface area (Å²) in [5.41, 5.74) is 7.33. The van der Waals surface area contributed by atoms with Crippen molar-refractivity contribution >= 4 is 17.3 Å². The molecule has 0 saturated heterocycles. The Bertz CT molecular complexity index is 630. The summed E-state index contributed by atoms with van der Waals surface area (Å²) in [4.78, 5) is 14.1. The molecule has 2 saturated carbocycles. The molecule has 2 aliphatic carbocycles. The monoisotopic (exact) mass is 330 g/mol. The second-order valence-electron chi connectivity index (χ2n) is 8.32. The molecule has 24 heavy (non-hydrogen) atoms. The van der Waals surface area contributed by atoms with E-state index in [1.165, 1.54) is 25.7 Å². The molecule has 0 aromatic carbocycles. The van der Waals surface area contributed by atoms with Crippen LogP contribution >= 0.6 is 0 Å². The Morgan fingerprint density at radius 2 is 1.96 bits per heavy atom. The zero-order valence-corrected chi connectivity index (χ0v) is 15.3. The first-order valence-electron chi connectivity index (χ1n) is 9.32. The number of nitrogen functional groups attached to an aromatic ring is 1. The quantitative estimate of drug-likeness (QED) is 0.883. The molecule has 1 aromatic rings. The van der Waals surface area contributed by atoms with Crippen molar-refractivity contribution in [3.63, 3.8) is 0 Å². The van der Waals surface area contributed by atoms with Crippen LogP contribution in [0.15, 0.2) is 0 Å². The second kappa shape index (κ2) is 5.76. The fraction of sp³-hybridized carbons (Fsp3) is 0.778.